The molecule has 2 saturated carbocycles. The van der Waals surface area contributed by atoms with E-state index in [2.05, 4.69) is 37.8 Å². The molecule has 0 amide bonds. The summed E-state index contributed by atoms with van der Waals surface area (Å²) in [6, 6.07) is 0. The Balaban J connectivity index is 1.61. The van der Waals surface area contributed by atoms with Crippen LogP contribution in [0.5, 0.6) is 0 Å². The van der Waals surface area contributed by atoms with Gasteiger partial charge in [-0.05, 0) is 69.1 Å². The molecular formula is C39H65ClO4. The Kier molecular flexibility index (Phi) is 20.4. The summed E-state index contributed by atoms with van der Waals surface area (Å²) in [7, 11) is 0. The van der Waals surface area contributed by atoms with Crippen LogP contribution < -0.4 is 0 Å². The van der Waals surface area contributed by atoms with E-state index in [-0.39, 0.29) is 28.7 Å². The Morgan fingerprint density at radius 2 is 1.55 bits per heavy atom. The van der Waals surface area contributed by atoms with Gasteiger partial charge in [0.05, 0.1) is 12.2 Å². The average molecular weight is 633 g/mol. The van der Waals surface area contributed by atoms with Gasteiger partial charge in [0.15, 0.2) is 0 Å². The fraction of sp³-hybridized carbons (Fsp3) is 0.821. The number of aliphatic carboxylic acids is 1. The number of hydrogen-bond donors (Lipinski definition) is 3. The molecule has 6 atom stereocenters. The lowest BCUT2D eigenvalue weighted by atomic mass is 9.63. The standard InChI is InChI=1S/C39H65ClO4/c1-3-5-6-7-8-9-10-11-12-13-14-15-16-17-19-24-32(38(43)44)25-20-18-21-26-33-34(36(41)31-35(33)40)27-22-28-37(42)39(4-2)29-23-30-39/h18,21-22,27,32-37,41-42H,3-17,20,23,25-26,28-31H2,1-2H3,(H,43,44)/b21-18-,27-22+/t32?,33-,34+,35+,36-,37+/m1/s1. The topological polar surface area (TPSA) is 77.8 Å². The predicted octanol–water partition coefficient (Wildman–Crippen LogP) is 10.4. The van der Waals surface area contributed by atoms with Crippen LogP contribution in [-0.4, -0.2) is 38.9 Å². The van der Waals surface area contributed by atoms with Gasteiger partial charge < -0.3 is 15.3 Å². The van der Waals surface area contributed by atoms with Gasteiger partial charge in [0.25, 0.3) is 0 Å². The molecule has 0 aromatic heterocycles. The van der Waals surface area contributed by atoms with E-state index in [0.29, 0.717) is 25.7 Å². The molecule has 2 aliphatic rings. The van der Waals surface area contributed by atoms with Crippen LogP contribution >= 0.6 is 11.6 Å². The summed E-state index contributed by atoms with van der Waals surface area (Å²) in [5.41, 5.74) is 0.0835. The van der Waals surface area contributed by atoms with Crippen molar-refractivity contribution in [2.45, 2.75) is 179 Å². The number of unbranched alkanes of at least 4 members (excludes halogenated alkanes) is 13. The summed E-state index contributed by atoms with van der Waals surface area (Å²) in [4.78, 5) is 11.7. The van der Waals surface area contributed by atoms with E-state index in [4.69, 9.17) is 11.6 Å². The molecule has 0 spiro atoms. The van der Waals surface area contributed by atoms with Crippen molar-refractivity contribution in [1.29, 1.82) is 0 Å². The molecular weight excluding hydrogens is 568 g/mol. The van der Waals surface area contributed by atoms with Gasteiger partial charge in [0.2, 0.25) is 0 Å². The number of carboxylic acids is 1. The van der Waals surface area contributed by atoms with E-state index in [9.17, 15) is 20.1 Å². The van der Waals surface area contributed by atoms with Crippen LogP contribution in [0.2, 0.25) is 0 Å². The van der Waals surface area contributed by atoms with Gasteiger partial charge in [-0.25, -0.2) is 0 Å². The first kappa shape index (κ1) is 38.9. The number of alkyl halides is 1. The molecule has 0 aromatic rings. The number of aliphatic hydroxyl groups is 2. The smallest absolute Gasteiger partial charge is 0.318 e. The van der Waals surface area contributed by atoms with Crippen LogP contribution in [0.4, 0.5) is 0 Å². The first-order valence-electron chi connectivity index (χ1n) is 18.4. The summed E-state index contributed by atoms with van der Waals surface area (Å²) < 4.78 is 0. The summed E-state index contributed by atoms with van der Waals surface area (Å²) in [6.45, 7) is 4.43. The quantitative estimate of drug-likeness (QED) is 0.0428. The number of halogens is 1. The van der Waals surface area contributed by atoms with Crippen molar-refractivity contribution in [3.8, 4) is 11.8 Å². The van der Waals surface area contributed by atoms with Crippen molar-refractivity contribution in [3.05, 3.63) is 24.3 Å². The van der Waals surface area contributed by atoms with Gasteiger partial charge in [-0.2, -0.15) is 0 Å². The predicted molar refractivity (Wildman–Crippen MR) is 186 cm³/mol. The van der Waals surface area contributed by atoms with E-state index in [1.54, 1.807) is 0 Å². The van der Waals surface area contributed by atoms with Crippen LogP contribution in [0, 0.1) is 35.0 Å². The second-order valence-corrected chi connectivity index (χ2v) is 14.4. The molecule has 2 fully saturated rings. The number of carboxylic acid groups (broad SMARTS) is 1. The Labute approximate surface area is 275 Å². The first-order valence-corrected chi connectivity index (χ1v) is 18.8. The summed E-state index contributed by atoms with van der Waals surface area (Å²) in [5.74, 6) is 4.79. The number of rotatable bonds is 24. The third-order valence-corrected chi connectivity index (χ3v) is 11.0. The molecule has 4 nitrogen and oxygen atoms in total. The molecule has 252 valence electrons. The van der Waals surface area contributed by atoms with Crippen molar-refractivity contribution in [2.75, 3.05) is 0 Å². The van der Waals surface area contributed by atoms with Crippen molar-refractivity contribution >= 4 is 17.6 Å². The minimum absolute atomic E-state index is 0.0175. The second-order valence-electron chi connectivity index (χ2n) is 13.8. The van der Waals surface area contributed by atoms with Gasteiger partial charge in [-0.3, -0.25) is 4.79 Å². The fourth-order valence-corrected chi connectivity index (χ4v) is 7.60. The van der Waals surface area contributed by atoms with Gasteiger partial charge >= 0.3 is 5.97 Å². The molecule has 3 N–H and O–H groups in total. The zero-order valence-electron chi connectivity index (χ0n) is 28.2. The van der Waals surface area contributed by atoms with E-state index in [1.807, 2.05) is 12.2 Å². The number of hydrogen-bond acceptors (Lipinski definition) is 3. The molecule has 2 rings (SSSR count). The highest BCUT2D eigenvalue weighted by Crippen LogP contribution is 2.48. The molecule has 0 radical (unpaired) electrons. The molecule has 0 bridgehead atoms. The van der Waals surface area contributed by atoms with E-state index in [1.165, 1.54) is 83.5 Å². The minimum atomic E-state index is -0.838. The Morgan fingerprint density at radius 3 is 2.09 bits per heavy atom. The molecule has 5 heteroatoms. The van der Waals surface area contributed by atoms with Gasteiger partial charge in [0, 0.05) is 17.7 Å². The summed E-state index contributed by atoms with van der Waals surface area (Å²) in [6.07, 6.45) is 33.0. The minimum Gasteiger partial charge on any atom is -0.480 e. The molecule has 0 heterocycles. The average Bonchev–Trinajstić information content (AvgIpc) is 3.24. The summed E-state index contributed by atoms with van der Waals surface area (Å²) in [5, 5.41) is 30.9. The zero-order chi connectivity index (χ0) is 32.0. The molecule has 0 saturated heterocycles. The highest BCUT2D eigenvalue weighted by Gasteiger charge is 2.42. The first-order chi connectivity index (χ1) is 21.3. The lowest BCUT2D eigenvalue weighted by Gasteiger charge is -2.45. The Morgan fingerprint density at radius 1 is 0.932 bits per heavy atom. The fourth-order valence-electron chi connectivity index (χ4n) is 7.15. The monoisotopic (exact) mass is 632 g/mol. The highest BCUT2D eigenvalue weighted by molar-refractivity contribution is 6.21. The third kappa shape index (κ3) is 14.4. The molecule has 44 heavy (non-hydrogen) atoms. The maximum absolute atomic E-state index is 11.7. The Hall–Kier alpha value is -1.28. The second kappa shape index (κ2) is 23.1. The van der Waals surface area contributed by atoms with Crippen molar-refractivity contribution in [2.24, 2.45) is 23.2 Å². The molecule has 2 aliphatic carbocycles. The van der Waals surface area contributed by atoms with E-state index >= 15 is 0 Å². The van der Waals surface area contributed by atoms with Gasteiger partial charge in [0.1, 0.15) is 5.92 Å². The third-order valence-electron chi connectivity index (χ3n) is 10.5. The van der Waals surface area contributed by atoms with Gasteiger partial charge in [-0.1, -0.05) is 128 Å². The van der Waals surface area contributed by atoms with Crippen LogP contribution in [0.25, 0.3) is 0 Å². The highest BCUT2D eigenvalue weighted by atomic mass is 35.5. The van der Waals surface area contributed by atoms with E-state index in [0.717, 1.165) is 38.5 Å². The van der Waals surface area contributed by atoms with Crippen LogP contribution in [0.15, 0.2) is 24.3 Å². The lowest BCUT2D eigenvalue weighted by molar-refractivity contribution is -0.139. The normalized spacial score (nSPS) is 24.3. The van der Waals surface area contributed by atoms with Gasteiger partial charge in [-0.15, -0.1) is 17.5 Å². The summed E-state index contributed by atoms with van der Waals surface area (Å²) >= 11 is 6.62. The number of aliphatic hydroxyl groups excluding tert-OH is 2. The maximum atomic E-state index is 11.7. The molecule has 0 aromatic carbocycles. The van der Waals surface area contributed by atoms with Crippen molar-refractivity contribution in [1.82, 2.24) is 0 Å². The largest absolute Gasteiger partial charge is 0.480 e. The zero-order valence-corrected chi connectivity index (χ0v) is 28.9. The molecule has 1 unspecified atom stereocenters. The maximum Gasteiger partial charge on any atom is 0.318 e. The van der Waals surface area contributed by atoms with Crippen LogP contribution in [0.1, 0.15) is 162 Å². The number of carbonyl (C=O) groups is 1. The van der Waals surface area contributed by atoms with Crippen molar-refractivity contribution < 1.29 is 20.1 Å². The molecule has 0 aliphatic heterocycles. The SMILES string of the molecule is CCCCCCCCCCCCCCCC#CC(CC/C=C\C[C@@H]1[C@H](/C=C/C[C@H](O)C2(CC)CCC2)[C@H](O)C[C@@H]1Cl)C(=O)O. The lowest BCUT2D eigenvalue weighted by Crippen LogP contribution is -2.40. The number of allylic oxidation sites excluding steroid dienone is 2. The van der Waals surface area contributed by atoms with E-state index < -0.39 is 18.0 Å². The van der Waals surface area contributed by atoms with Crippen LogP contribution in [0.3, 0.4) is 0 Å². The Bertz CT molecular complexity index is 877. The van der Waals surface area contributed by atoms with Crippen LogP contribution in [-0.2, 0) is 4.79 Å². The van der Waals surface area contributed by atoms with Crippen molar-refractivity contribution in [3.63, 3.8) is 0 Å².